The van der Waals surface area contributed by atoms with Crippen molar-refractivity contribution in [3.05, 3.63) is 22.3 Å². The number of hydrogen-bond donors (Lipinski definition) is 0. The number of pyridine rings is 1. The van der Waals surface area contributed by atoms with E-state index >= 15 is 0 Å². The van der Waals surface area contributed by atoms with E-state index in [-0.39, 0.29) is 5.91 Å². The Kier molecular flexibility index (Phi) is 5.11. The second-order valence-electron chi connectivity index (χ2n) is 6.81. The lowest BCUT2D eigenvalue weighted by atomic mass is 9.78. The zero-order valence-electron chi connectivity index (χ0n) is 13.8. The van der Waals surface area contributed by atoms with Gasteiger partial charge in [0.05, 0.1) is 15.8 Å². The van der Waals surface area contributed by atoms with Crippen molar-refractivity contribution in [2.75, 3.05) is 12.3 Å². The summed E-state index contributed by atoms with van der Waals surface area (Å²) in [6.07, 6.45) is 9.10. The average Bonchev–Trinajstić information content (AvgIpc) is 3.02. The van der Waals surface area contributed by atoms with E-state index in [4.69, 9.17) is 23.2 Å². The molecule has 0 bridgehead atoms. The maximum atomic E-state index is 12.8. The molecule has 1 amide bonds. The van der Waals surface area contributed by atoms with Crippen LogP contribution in [0.3, 0.4) is 0 Å². The predicted molar refractivity (Wildman–Crippen MR) is 100 cm³/mol. The molecule has 0 aromatic carbocycles. The normalized spacial score (nSPS) is 23.7. The smallest absolute Gasteiger partial charge is 0.233 e. The van der Waals surface area contributed by atoms with E-state index in [1.54, 1.807) is 16.7 Å². The summed E-state index contributed by atoms with van der Waals surface area (Å²) in [5, 5.41) is 9.87. The number of carbonyl (C=O) groups is 1. The van der Waals surface area contributed by atoms with E-state index in [1.807, 2.05) is 0 Å². The quantitative estimate of drug-likeness (QED) is 0.722. The molecule has 0 unspecified atom stereocenters. The number of likely N-dealkylation sites (tertiary alicyclic amines) is 1. The van der Waals surface area contributed by atoms with Gasteiger partial charge in [0, 0.05) is 18.8 Å². The van der Waals surface area contributed by atoms with Gasteiger partial charge in [-0.25, -0.2) is 0 Å². The van der Waals surface area contributed by atoms with Crippen molar-refractivity contribution in [1.82, 2.24) is 19.5 Å². The van der Waals surface area contributed by atoms with Crippen LogP contribution >= 0.6 is 35.0 Å². The van der Waals surface area contributed by atoms with Gasteiger partial charge in [0.2, 0.25) is 5.91 Å². The molecule has 0 N–H and O–H groups in total. The van der Waals surface area contributed by atoms with Crippen molar-refractivity contribution in [3.63, 3.8) is 0 Å². The number of nitrogens with zero attached hydrogens (tertiary/aromatic N) is 4. The van der Waals surface area contributed by atoms with Crippen LogP contribution in [0.2, 0.25) is 10.0 Å². The standard InChI is InChI=1S/C17H20Cl2N4OS/c18-12-8-13(19)16-20-21-17(23(16)9-12)25-10-15(24)22-7-3-5-11-4-1-2-6-14(11)22/h8-9,11,14H,1-7,10H2/t11-,14-/m1/s1. The van der Waals surface area contributed by atoms with Crippen molar-refractivity contribution in [3.8, 4) is 0 Å². The molecule has 8 heteroatoms. The molecule has 0 radical (unpaired) electrons. The monoisotopic (exact) mass is 398 g/mol. The third-order valence-corrected chi connectivity index (χ3v) is 6.70. The van der Waals surface area contributed by atoms with Gasteiger partial charge in [0.1, 0.15) is 0 Å². The van der Waals surface area contributed by atoms with Crippen molar-refractivity contribution in [2.24, 2.45) is 5.92 Å². The van der Waals surface area contributed by atoms with Crippen LogP contribution in [0, 0.1) is 5.92 Å². The summed E-state index contributed by atoms with van der Waals surface area (Å²) in [7, 11) is 0. The first-order valence-electron chi connectivity index (χ1n) is 8.75. The van der Waals surface area contributed by atoms with Gasteiger partial charge in [-0.15, -0.1) is 10.2 Å². The Balaban J connectivity index is 1.47. The van der Waals surface area contributed by atoms with Gasteiger partial charge >= 0.3 is 0 Å². The highest BCUT2D eigenvalue weighted by Gasteiger charge is 2.35. The van der Waals surface area contributed by atoms with Gasteiger partial charge in [-0.1, -0.05) is 47.8 Å². The van der Waals surface area contributed by atoms with Crippen LogP contribution in [0.5, 0.6) is 0 Å². The largest absolute Gasteiger partial charge is 0.339 e. The first kappa shape index (κ1) is 17.4. The summed E-state index contributed by atoms with van der Waals surface area (Å²) < 4.78 is 1.75. The number of amides is 1. The highest BCUT2D eigenvalue weighted by molar-refractivity contribution is 7.99. The Hall–Kier alpha value is -0.980. The first-order chi connectivity index (χ1) is 12.1. The minimum absolute atomic E-state index is 0.200. The SMILES string of the molecule is O=C(CSc1nnc2c(Cl)cc(Cl)cn12)N1CCC[C@H]2CCCC[C@H]21. The van der Waals surface area contributed by atoms with Crippen LogP contribution in [0.1, 0.15) is 38.5 Å². The summed E-state index contributed by atoms with van der Waals surface area (Å²) in [5.74, 6) is 1.27. The zero-order valence-corrected chi connectivity index (χ0v) is 16.2. The Morgan fingerprint density at radius 3 is 2.88 bits per heavy atom. The second kappa shape index (κ2) is 7.33. The van der Waals surface area contributed by atoms with Gasteiger partial charge in [-0.2, -0.15) is 0 Å². The van der Waals surface area contributed by atoms with E-state index in [1.165, 1.54) is 37.4 Å². The van der Waals surface area contributed by atoms with E-state index in [9.17, 15) is 4.79 Å². The number of piperidine rings is 1. The average molecular weight is 399 g/mol. The lowest BCUT2D eigenvalue weighted by Gasteiger charge is -2.44. The number of aromatic nitrogens is 3. The van der Waals surface area contributed by atoms with Crippen molar-refractivity contribution in [1.29, 1.82) is 0 Å². The summed E-state index contributed by atoms with van der Waals surface area (Å²) in [6.45, 7) is 0.888. The molecule has 2 aromatic rings. The summed E-state index contributed by atoms with van der Waals surface area (Å²) in [6, 6.07) is 2.08. The fourth-order valence-corrected chi connectivity index (χ4v) is 5.45. The highest BCUT2D eigenvalue weighted by atomic mass is 35.5. The van der Waals surface area contributed by atoms with E-state index in [2.05, 4.69) is 15.1 Å². The summed E-state index contributed by atoms with van der Waals surface area (Å²) >= 11 is 13.6. The number of hydrogen-bond acceptors (Lipinski definition) is 4. The third kappa shape index (κ3) is 3.49. The molecule has 2 fully saturated rings. The molecule has 4 rings (SSSR count). The van der Waals surface area contributed by atoms with E-state index < -0.39 is 0 Å². The van der Waals surface area contributed by atoms with Crippen LogP contribution in [0.25, 0.3) is 5.65 Å². The van der Waals surface area contributed by atoms with Crippen molar-refractivity contribution < 1.29 is 4.79 Å². The van der Waals surface area contributed by atoms with Gasteiger partial charge < -0.3 is 4.90 Å². The molecule has 25 heavy (non-hydrogen) atoms. The fourth-order valence-electron chi connectivity index (χ4n) is 4.14. The van der Waals surface area contributed by atoms with Crippen molar-refractivity contribution in [2.45, 2.75) is 49.7 Å². The molecule has 5 nitrogen and oxygen atoms in total. The summed E-state index contributed by atoms with van der Waals surface area (Å²) in [5.41, 5.74) is 0.561. The zero-order chi connectivity index (χ0) is 17.4. The predicted octanol–water partition coefficient (Wildman–Crippen LogP) is 4.31. The number of thioether (sulfide) groups is 1. The third-order valence-electron chi connectivity index (χ3n) is 5.28. The van der Waals surface area contributed by atoms with Gasteiger partial charge in [0.15, 0.2) is 10.8 Å². The Bertz CT molecular complexity index is 794. The Labute approximate surface area is 161 Å². The Morgan fingerprint density at radius 2 is 2.00 bits per heavy atom. The maximum absolute atomic E-state index is 12.8. The van der Waals surface area contributed by atoms with Crippen LogP contribution in [-0.4, -0.2) is 43.7 Å². The topological polar surface area (TPSA) is 50.5 Å². The number of rotatable bonds is 3. The lowest BCUT2D eigenvalue weighted by Crippen LogP contribution is -2.50. The summed E-state index contributed by atoms with van der Waals surface area (Å²) in [4.78, 5) is 14.9. The maximum Gasteiger partial charge on any atom is 0.233 e. The number of fused-ring (bicyclic) bond motifs is 2. The van der Waals surface area contributed by atoms with E-state index in [0.717, 1.165) is 19.4 Å². The fraction of sp³-hybridized carbons (Fsp3) is 0.588. The van der Waals surface area contributed by atoms with Crippen molar-refractivity contribution >= 4 is 46.5 Å². The molecule has 2 atom stereocenters. The number of carbonyl (C=O) groups excluding carboxylic acids is 1. The van der Waals surface area contributed by atoms with Gasteiger partial charge in [0.25, 0.3) is 0 Å². The minimum Gasteiger partial charge on any atom is -0.339 e. The van der Waals surface area contributed by atoms with Crippen LogP contribution < -0.4 is 0 Å². The molecule has 3 heterocycles. The molecule has 1 aliphatic heterocycles. The molecular formula is C17H20Cl2N4OS. The first-order valence-corrected chi connectivity index (χ1v) is 10.5. The van der Waals surface area contributed by atoms with Crippen LogP contribution in [0.4, 0.5) is 0 Å². The second-order valence-corrected chi connectivity index (χ2v) is 8.60. The molecule has 0 spiro atoms. The molecule has 1 aliphatic carbocycles. The highest BCUT2D eigenvalue weighted by Crippen LogP contribution is 2.35. The minimum atomic E-state index is 0.200. The molecule has 1 saturated carbocycles. The lowest BCUT2D eigenvalue weighted by molar-refractivity contribution is -0.134. The molecular weight excluding hydrogens is 379 g/mol. The van der Waals surface area contributed by atoms with Gasteiger partial charge in [-0.05, 0) is 37.7 Å². The number of halogens is 2. The Morgan fingerprint density at radius 1 is 1.20 bits per heavy atom. The molecule has 1 saturated heterocycles. The van der Waals surface area contributed by atoms with E-state index in [0.29, 0.717) is 38.6 Å². The molecule has 134 valence electrons. The van der Waals surface area contributed by atoms with Crippen LogP contribution in [0.15, 0.2) is 17.4 Å². The molecule has 2 aromatic heterocycles. The van der Waals surface area contributed by atoms with Crippen LogP contribution in [-0.2, 0) is 4.79 Å². The van der Waals surface area contributed by atoms with Gasteiger partial charge in [-0.3, -0.25) is 9.20 Å². The molecule has 2 aliphatic rings.